The van der Waals surface area contributed by atoms with E-state index in [1.165, 1.54) is 16.2 Å². The SMILES string of the molecule is Cc1nc(C(=O)N(C)Cc2nc3ccccc3s2)c(=O)[nH]c1C. The molecule has 2 aromatic heterocycles. The van der Waals surface area contributed by atoms with E-state index in [0.29, 0.717) is 17.9 Å². The van der Waals surface area contributed by atoms with Crippen LogP contribution in [0.3, 0.4) is 0 Å². The molecule has 2 heterocycles. The first kappa shape index (κ1) is 15.4. The standard InChI is InChI=1S/C16H16N4O2S/c1-9-10(2)18-15(21)14(17-9)16(22)20(3)8-13-19-11-6-4-5-7-12(11)23-13/h4-7H,8H2,1-3H3,(H,18,21). The Bertz CT molecular complexity index is 912. The van der Waals surface area contributed by atoms with E-state index >= 15 is 0 Å². The average molecular weight is 328 g/mol. The highest BCUT2D eigenvalue weighted by Crippen LogP contribution is 2.22. The van der Waals surface area contributed by atoms with E-state index in [-0.39, 0.29) is 5.69 Å². The van der Waals surface area contributed by atoms with Crippen LogP contribution in [0.25, 0.3) is 10.2 Å². The van der Waals surface area contributed by atoms with Crippen molar-refractivity contribution in [1.82, 2.24) is 19.9 Å². The lowest BCUT2D eigenvalue weighted by atomic mass is 10.3. The van der Waals surface area contributed by atoms with Gasteiger partial charge in [0.15, 0.2) is 5.69 Å². The predicted molar refractivity (Wildman–Crippen MR) is 89.7 cm³/mol. The third kappa shape index (κ3) is 3.00. The fourth-order valence-electron chi connectivity index (χ4n) is 2.21. The van der Waals surface area contributed by atoms with Gasteiger partial charge in [-0.05, 0) is 26.0 Å². The summed E-state index contributed by atoms with van der Waals surface area (Å²) in [6.45, 7) is 3.85. The number of rotatable bonds is 3. The van der Waals surface area contributed by atoms with Crippen LogP contribution in [0.5, 0.6) is 0 Å². The largest absolute Gasteiger partial charge is 0.333 e. The number of thiazole rings is 1. The molecule has 0 fully saturated rings. The predicted octanol–water partition coefficient (Wildman–Crippen LogP) is 2.27. The minimum absolute atomic E-state index is 0.0864. The first-order valence-electron chi connectivity index (χ1n) is 7.13. The summed E-state index contributed by atoms with van der Waals surface area (Å²) < 4.78 is 1.07. The van der Waals surface area contributed by atoms with E-state index in [4.69, 9.17) is 0 Å². The Balaban J connectivity index is 1.85. The van der Waals surface area contributed by atoms with Crippen molar-refractivity contribution >= 4 is 27.5 Å². The van der Waals surface area contributed by atoms with E-state index in [2.05, 4.69) is 15.0 Å². The summed E-state index contributed by atoms with van der Waals surface area (Å²) in [6.07, 6.45) is 0. The summed E-state index contributed by atoms with van der Waals surface area (Å²) in [5, 5.41) is 0.822. The fraction of sp³-hybridized carbons (Fsp3) is 0.250. The van der Waals surface area contributed by atoms with E-state index in [1.54, 1.807) is 20.9 Å². The number of nitrogens with zero attached hydrogens (tertiary/aromatic N) is 3. The molecular formula is C16H16N4O2S. The van der Waals surface area contributed by atoms with Gasteiger partial charge in [-0.2, -0.15) is 0 Å². The van der Waals surface area contributed by atoms with Crippen molar-refractivity contribution < 1.29 is 4.79 Å². The van der Waals surface area contributed by atoms with Crippen molar-refractivity contribution in [3.8, 4) is 0 Å². The molecule has 7 heteroatoms. The van der Waals surface area contributed by atoms with Crippen molar-refractivity contribution in [2.75, 3.05) is 7.05 Å². The average Bonchev–Trinajstić information content (AvgIpc) is 2.92. The number of benzene rings is 1. The molecule has 0 spiro atoms. The molecule has 118 valence electrons. The molecule has 3 rings (SSSR count). The Kier molecular flexibility index (Phi) is 3.96. The summed E-state index contributed by atoms with van der Waals surface area (Å²) in [5.74, 6) is -0.409. The van der Waals surface area contributed by atoms with Gasteiger partial charge >= 0.3 is 0 Å². The zero-order valence-electron chi connectivity index (χ0n) is 13.1. The lowest BCUT2D eigenvalue weighted by Crippen LogP contribution is -2.33. The quantitative estimate of drug-likeness (QED) is 0.800. The number of aryl methyl sites for hydroxylation is 2. The zero-order chi connectivity index (χ0) is 16.6. The van der Waals surface area contributed by atoms with Crippen LogP contribution in [0.1, 0.15) is 26.9 Å². The maximum Gasteiger partial charge on any atom is 0.279 e. The van der Waals surface area contributed by atoms with Crippen molar-refractivity contribution in [1.29, 1.82) is 0 Å². The molecule has 0 radical (unpaired) electrons. The molecule has 0 unspecified atom stereocenters. The summed E-state index contributed by atoms with van der Waals surface area (Å²) >= 11 is 1.54. The molecule has 0 aliphatic heterocycles. The number of nitrogens with one attached hydrogen (secondary N) is 1. The normalized spacial score (nSPS) is 10.9. The number of hydrogen-bond acceptors (Lipinski definition) is 5. The van der Waals surface area contributed by atoms with Crippen molar-refractivity contribution in [2.45, 2.75) is 20.4 Å². The molecule has 0 saturated heterocycles. The van der Waals surface area contributed by atoms with Gasteiger partial charge in [0.2, 0.25) is 0 Å². The maximum atomic E-state index is 12.5. The Labute approximate surface area is 136 Å². The minimum Gasteiger partial charge on any atom is -0.333 e. The molecule has 1 aromatic carbocycles. The maximum absolute atomic E-state index is 12.5. The molecule has 6 nitrogen and oxygen atoms in total. The molecule has 0 aliphatic rings. The van der Waals surface area contributed by atoms with Gasteiger partial charge < -0.3 is 9.88 Å². The number of amides is 1. The monoisotopic (exact) mass is 328 g/mol. The Morgan fingerprint density at radius 2 is 2.00 bits per heavy atom. The topological polar surface area (TPSA) is 79.0 Å². The number of carbonyl (C=O) groups excluding carboxylic acids is 1. The van der Waals surface area contributed by atoms with E-state index in [0.717, 1.165) is 15.2 Å². The number of H-pyrrole nitrogens is 1. The Hall–Kier alpha value is -2.54. The van der Waals surface area contributed by atoms with E-state index in [9.17, 15) is 9.59 Å². The molecular weight excluding hydrogens is 312 g/mol. The zero-order valence-corrected chi connectivity index (χ0v) is 13.9. The minimum atomic E-state index is -0.464. The highest BCUT2D eigenvalue weighted by atomic mass is 32.1. The van der Waals surface area contributed by atoms with Gasteiger partial charge in [0.25, 0.3) is 11.5 Å². The van der Waals surface area contributed by atoms with Gasteiger partial charge in [-0.25, -0.2) is 9.97 Å². The Morgan fingerprint density at radius 3 is 2.74 bits per heavy atom. The van der Waals surface area contributed by atoms with Crippen LogP contribution < -0.4 is 5.56 Å². The number of carbonyl (C=O) groups is 1. The van der Waals surface area contributed by atoms with Crippen molar-refractivity contribution in [3.05, 3.63) is 56.7 Å². The summed E-state index contributed by atoms with van der Waals surface area (Å²) in [5.41, 5.74) is 1.67. The van der Waals surface area contributed by atoms with E-state index in [1.807, 2.05) is 24.3 Å². The number of para-hydroxylation sites is 1. The van der Waals surface area contributed by atoms with Gasteiger partial charge in [-0.1, -0.05) is 12.1 Å². The molecule has 23 heavy (non-hydrogen) atoms. The van der Waals surface area contributed by atoms with Gasteiger partial charge in [0.1, 0.15) is 5.01 Å². The molecule has 0 saturated carbocycles. The number of aromatic amines is 1. The summed E-state index contributed by atoms with van der Waals surface area (Å²) in [6, 6.07) is 7.82. The van der Waals surface area contributed by atoms with Gasteiger partial charge in [-0.3, -0.25) is 9.59 Å². The molecule has 3 aromatic rings. The third-order valence-electron chi connectivity index (χ3n) is 3.60. The molecule has 1 amide bonds. The van der Waals surface area contributed by atoms with Gasteiger partial charge in [0.05, 0.1) is 22.5 Å². The number of fused-ring (bicyclic) bond motifs is 1. The fourth-order valence-corrected chi connectivity index (χ4v) is 3.23. The molecule has 0 aliphatic carbocycles. The number of hydrogen-bond donors (Lipinski definition) is 1. The van der Waals surface area contributed by atoms with Crippen LogP contribution in [0.2, 0.25) is 0 Å². The van der Waals surface area contributed by atoms with Crippen LogP contribution in [-0.4, -0.2) is 32.8 Å². The first-order valence-corrected chi connectivity index (χ1v) is 7.95. The lowest BCUT2D eigenvalue weighted by Gasteiger charge is -2.15. The number of aromatic nitrogens is 3. The first-order chi connectivity index (χ1) is 11.0. The second-order valence-electron chi connectivity index (χ2n) is 5.36. The van der Waals surface area contributed by atoms with Crippen LogP contribution in [-0.2, 0) is 6.54 Å². The van der Waals surface area contributed by atoms with Gasteiger partial charge in [0, 0.05) is 12.7 Å². The van der Waals surface area contributed by atoms with E-state index < -0.39 is 11.5 Å². The van der Waals surface area contributed by atoms with Crippen molar-refractivity contribution in [3.63, 3.8) is 0 Å². The summed E-state index contributed by atoms with van der Waals surface area (Å²) in [7, 11) is 1.64. The lowest BCUT2D eigenvalue weighted by molar-refractivity contribution is 0.0777. The third-order valence-corrected chi connectivity index (χ3v) is 4.62. The van der Waals surface area contributed by atoms with Crippen molar-refractivity contribution in [2.24, 2.45) is 0 Å². The second kappa shape index (κ2) is 5.92. The molecule has 0 bridgehead atoms. The summed E-state index contributed by atoms with van der Waals surface area (Å²) in [4.78, 5) is 37.2. The molecule has 1 N–H and O–H groups in total. The Morgan fingerprint density at radius 1 is 1.26 bits per heavy atom. The van der Waals surface area contributed by atoms with Gasteiger partial charge in [-0.15, -0.1) is 11.3 Å². The van der Waals surface area contributed by atoms with Crippen LogP contribution in [0, 0.1) is 13.8 Å². The van der Waals surface area contributed by atoms with Crippen LogP contribution in [0.15, 0.2) is 29.1 Å². The smallest absolute Gasteiger partial charge is 0.279 e. The van der Waals surface area contributed by atoms with Crippen LogP contribution >= 0.6 is 11.3 Å². The highest BCUT2D eigenvalue weighted by Gasteiger charge is 2.19. The highest BCUT2D eigenvalue weighted by molar-refractivity contribution is 7.18. The van der Waals surface area contributed by atoms with Crippen LogP contribution in [0.4, 0.5) is 0 Å². The molecule has 0 atom stereocenters. The second-order valence-corrected chi connectivity index (χ2v) is 6.48.